The molecule has 2 rings (SSSR count). The van der Waals surface area contributed by atoms with Crippen molar-refractivity contribution in [2.75, 3.05) is 6.61 Å². The van der Waals surface area contributed by atoms with E-state index in [0.29, 0.717) is 6.61 Å². The van der Waals surface area contributed by atoms with Crippen molar-refractivity contribution in [3.8, 4) is 0 Å². The van der Waals surface area contributed by atoms with Crippen LogP contribution in [0.2, 0.25) is 0 Å². The molecule has 1 saturated carbocycles. The maximum Gasteiger partial charge on any atom is 0.252 e. The standard InChI is InChI=1S/C10H18N2O2/c1-10(3-2-4-14-10)9(13)12-8-5-7(11)6-8/h7-8H,2-6,11H2,1H3,(H,12,13). The predicted octanol–water partition coefficient (Wildman–Crippen LogP) is 0.161. The summed E-state index contributed by atoms with van der Waals surface area (Å²) < 4.78 is 5.46. The number of ether oxygens (including phenoxy) is 1. The normalized spacial score (nSPS) is 41.9. The summed E-state index contributed by atoms with van der Waals surface area (Å²) in [5.41, 5.74) is 5.06. The van der Waals surface area contributed by atoms with Gasteiger partial charge in [-0.2, -0.15) is 0 Å². The maximum atomic E-state index is 11.8. The fraction of sp³-hybridized carbons (Fsp3) is 0.900. The molecule has 4 nitrogen and oxygen atoms in total. The molecule has 80 valence electrons. The van der Waals surface area contributed by atoms with Crippen molar-refractivity contribution in [1.29, 1.82) is 0 Å². The second-order valence-corrected chi connectivity index (χ2v) is 4.58. The van der Waals surface area contributed by atoms with Gasteiger partial charge in [0.05, 0.1) is 0 Å². The molecular formula is C10H18N2O2. The van der Waals surface area contributed by atoms with Gasteiger partial charge in [-0.25, -0.2) is 0 Å². The fourth-order valence-electron chi connectivity index (χ4n) is 2.08. The molecule has 0 aromatic rings. The summed E-state index contributed by atoms with van der Waals surface area (Å²) in [5.74, 6) is 0.0342. The monoisotopic (exact) mass is 198 g/mol. The zero-order valence-electron chi connectivity index (χ0n) is 8.58. The van der Waals surface area contributed by atoms with Gasteiger partial charge in [0.1, 0.15) is 5.60 Å². The first kappa shape index (κ1) is 9.93. The third-order valence-corrected chi connectivity index (χ3v) is 3.21. The van der Waals surface area contributed by atoms with Crippen molar-refractivity contribution in [2.45, 2.75) is 50.3 Å². The van der Waals surface area contributed by atoms with Crippen LogP contribution in [0.1, 0.15) is 32.6 Å². The Morgan fingerprint density at radius 1 is 1.57 bits per heavy atom. The molecular weight excluding hydrogens is 180 g/mol. The van der Waals surface area contributed by atoms with Crippen LogP contribution in [0.15, 0.2) is 0 Å². The van der Waals surface area contributed by atoms with Gasteiger partial charge in [0.2, 0.25) is 0 Å². The van der Waals surface area contributed by atoms with Gasteiger partial charge in [-0.15, -0.1) is 0 Å². The van der Waals surface area contributed by atoms with Crippen molar-refractivity contribution in [3.05, 3.63) is 0 Å². The first-order valence-corrected chi connectivity index (χ1v) is 5.31. The summed E-state index contributed by atoms with van der Waals surface area (Å²) in [4.78, 5) is 11.8. The Balaban J connectivity index is 1.83. The third-order valence-electron chi connectivity index (χ3n) is 3.21. The summed E-state index contributed by atoms with van der Waals surface area (Å²) in [7, 11) is 0. The molecule has 0 aromatic heterocycles. The minimum Gasteiger partial charge on any atom is -0.365 e. The molecule has 0 aromatic carbocycles. The van der Waals surface area contributed by atoms with Gasteiger partial charge in [0.15, 0.2) is 0 Å². The van der Waals surface area contributed by atoms with Crippen LogP contribution in [0.5, 0.6) is 0 Å². The number of rotatable bonds is 2. The number of carbonyl (C=O) groups is 1. The second kappa shape index (κ2) is 3.51. The van der Waals surface area contributed by atoms with Crippen molar-refractivity contribution < 1.29 is 9.53 Å². The Labute approximate surface area is 84.2 Å². The molecule has 1 aliphatic carbocycles. The number of hydrogen-bond acceptors (Lipinski definition) is 3. The molecule has 3 N–H and O–H groups in total. The fourth-order valence-corrected chi connectivity index (χ4v) is 2.08. The average Bonchev–Trinajstić information content (AvgIpc) is 2.51. The number of nitrogens with two attached hydrogens (primary N) is 1. The van der Waals surface area contributed by atoms with Crippen LogP contribution in [0.25, 0.3) is 0 Å². The van der Waals surface area contributed by atoms with E-state index in [9.17, 15) is 4.79 Å². The molecule has 1 saturated heterocycles. The van der Waals surface area contributed by atoms with E-state index in [4.69, 9.17) is 10.5 Å². The first-order chi connectivity index (χ1) is 6.60. The van der Waals surface area contributed by atoms with Gasteiger partial charge < -0.3 is 15.8 Å². The number of hydrogen-bond donors (Lipinski definition) is 2. The lowest BCUT2D eigenvalue weighted by atomic mass is 9.87. The van der Waals surface area contributed by atoms with Crippen LogP contribution < -0.4 is 11.1 Å². The summed E-state index contributed by atoms with van der Waals surface area (Å²) in [6, 6.07) is 0.552. The molecule has 1 unspecified atom stereocenters. The smallest absolute Gasteiger partial charge is 0.252 e. The quantitative estimate of drug-likeness (QED) is 0.664. The van der Waals surface area contributed by atoms with Crippen molar-refractivity contribution in [3.63, 3.8) is 0 Å². The Kier molecular flexibility index (Phi) is 2.49. The Morgan fingerprint density at radius 3 is 2.79 bits per heavy atom. The van der Waals surface area contributed by atoms with Crippen LogP contribution in [0.4, 0.5) is 0 Å². The topological polar surface area (TPSA) is 64.4 Å². The van der Waals surface area contributed by atoms with E-state index in [1.165, 1.54) is 0 Å². The van der Waals surface area contributed by atoms with Gasteiger partial charge in [-0.05, 0) is 32.6 Å². The molecule has 0 spiro atoms. The highest BCUT2D eigenvalue weighted by atomic mass is 16.5. The third kappa shape index (κ3) is 1.77. The van der Waals surface area contributed by atoms with Gasteiger partial charge >= 0.3 is 0 Å². The minimum absolute atomic E-state index is 0.0342. The zero-order valence-corrected chi connectivity index (χ0v) is 8.58. The highest BCUT2D eigenvalue weighted by Crippen LogP contribution is 2.26. The Bertz CT molecular complexity index is 230. The van der Waals surface area contributed by atoms with Crippen molar-refractivity contribution in [1.82, 2.24) is 5.32 Å². The first-order valence-electron chi connectivity index (χ1n) is 5.31. The van der Waals surface area contributed by atoms with E-state index >= 15 is 0 Å². The molecule has 1 aliphatic heterocycles. The van der Waals surface area contributed by atoms with Crippen LogP contribution in [-0.4, -0.2) is 30.2 Å². The van der Waals surface area contributed by atoms with Crippen LogP contribution in [-0.2, 0) is 9.53 Å². The lowest BCUT2D eigenvalue weighted by Crippen LogP contribution is -2.55. The van der Waals surface area contributed by atoms with Crippen LogP contribution in [0, 0.1) is 0 Å². The highest BCUT2D eigenvalue weighted by Gasteiger charge is 2.40. The van der Waals surface area contributed by atoms with E-state index in [1.807, 2.05) is 6.92 Å². The van der Waals surface area contributed by atoms with Crippen molar-refractivity contribution in [2.24, 2.45) is 5.73 Å². The Hall–Kier alpha value is -0.610. The van der Waals surface area contributed by atoms with E-state index in [0.717, 1.165) is 25.7 Å². The molecule has 0 bridgehead atoms. The molecule has 1 heterocycles. The average molecular weight is 198 g/mol. The molecule has 0 radical (unpaired) electrons. The van der Waals surface area contributed by atoms with Gasteiger partial charge in [0, 0.05) is 18.7 Å². The SMILES string of the molecule is CC1(C(=O)NC2CC(N)C2)CCCO1. The maximum absolute atomic E-state index is 11.8. The summed E-state index contributed by atoms with van der Waals surface area (Å²) >= 11 is 0. The minimum atomic E-state index is -0.584. The van der Waals surface area contributed by atoms with E-state index in [2.05, 4.69) is 5.32 Å². The number of nitrogens with one attached hydrogen (secondary N) is 1. The predicted molar refractivity (Wildman–Crippen MR) is 52.7 cm³/mol. The zero-order chi connectivity index (χ0) is 10.2. The van der Waals surface area contributed by atoms with Gasteiger partial charge in [-0.3, -0.25) is 4.79 Å². The highest BCUT2D eigenvalue weighted by molar-refractivity contribution is 5.85. The van der Waals surface area contributed by atoms with Crippen molar-refractivity contribution >= 4 is 5.91 Å². The second-order valence-electron chi connectivity index (χ2n) is 4.58. The summed E-state index contributed by atoms with van der Waals surface area (Å²) in [6.45, 7) is 2.57. The van der Waals surface area contributed by atoms with E-state index in [1.54, 1.807) is 0 Å². The number of carbonyl (C=O) groups excluding carboxylic acids is 1. The largest absolute Gasteiger partial charge is 0.365 e. The Morgan fingerprint density at radius 2 is 2.29 bits per heavy atom. The van der Waals surface area contributed by atoms with Crippen LogP contribution >= 0.6 is 0 Å². The van der Waals surface area contributed by atoms with Gasteiger partial charge in [0.25, 0.3) is 5.91 Å². The number of amides is 1. The molecule has 14 heavy (non-hydrogen) atoms. The lowest BCUT2D eigenvalue weighted by Gasteiger charge is -2.35. The summed E-state index contributed by atoms with van der Waals surface area (Å²) in [5, 5.41) is 2.99. The lowest BCUT2D eigenvalue weighted by molar-refractivity contribution is -0.140. The van der Waals surface area contributed by atoms with Gasteiger partial charge in [-0.1, -0.05) is 0 Å². The van der Waals surface area contributed by atoms with Crippen LogP contribution in [0.3, 0.4) is 0 Å². The molecule has 1 atom stereocenters. The van der Waals surface area contributed by atoms with E-state index < -0.39 is 5.60 Å². The molecule has 4 heteroatoms. The molecule has 1 amide bonds. The summed E-state index contributed by atoms with van der Waals surface area (Å²) in [6.07, 6.45) is 3.62. The molecule has 2 fully saturated rings. The molecule has 2 aliphatic rings. The van der Waals surface area contributed by atoms with E-state index in [-0.39, 0.29) is 18.0 Å².